The van der Waals surface area contributed by atoms with Crippen LogP contribution in [0.2, 0.25) is 0 Å². The van der Waals surface area contributed by atoms with Gasteiger partial charge in [0.25, 0.3) is 0 Å². The number of hydrogen-bond acceptors (Lipinski definition) is 3. The van der Waals surface area contributed by atoms with Crippen molar-refractivity contribution in [3.8, 4) is 0 Å². The van der Waals surface area contributed by atoms with E-state index in [1.54, 1.807) is 11.1 Å². The first kappa shape index (κ1) is 11.8. The minimum Gasteiger partial charge on any atom is -0.309 e. The van der Waals surface area contributed by atoms with E-state index in [4.69, 9.17) is 0 Å². The Balaban J connectivity index is 1.74. The standard InChI is InChI=1S/C13H20N2S/c1-11(12-8-14-9-12)10-15(2)6-5-13-4-3-7-16-13/h3-4,7,14H,5-6,8-10H2,1-2H3. The molecule has 16 heavy (non-hydrogen) atoms. The maximum absolute atomic E-state index is 3.30. The van der Waals surface area contributed by atoms with Crippen molar-refractivity contribution in [1.82, 2.24) is 10.2 Å². The number of nitrogens with zero attached hydrogens (tertiary/aromatic N) is 1. The third-order valence-electron chi connectivity index (χ3n) is 3.11. The van der Waals surface area contributed by atoms with Crippen molar-refractivity contribution in [2.45, 2.75) is 13.3 Å². The van der Waals surface area contributed by atoms with Crippen LogP contribution in [0.4, 0.5) is 0 Å². The predicted molar refractivity (Wildman–Crippen MR) is 71.1 cm³/mol. The molecule has 3 heteroatoms. The summed E-state index contributed by atoms with van der Waals surface area (Å²) in [5.74, 6) is 0. The molecule has 0 unspecified atom stereocenters. The molecule has 0 spiro atoms. The van der Waals surface area contributed by atoms with Gasteiger partial charge < -0.3 is 10.2 Å². The molecular weight excluding hydrogens is 216 g/mol. The third-order valence-corrected chi connectivity index (χ3v) is 4.04. The van der Waals surface area contributed by atoms with Crippen LogP contribution < -0.4 is 5.32 Å². The second-order valence-corrected chi connectivity index (χ2v) is 5.59. The van der Waals surface area contributed by atoms with Crippen LogP contribution in [-0.2, 0) is 6.42 Å². The van der Waals surface area contributed by atoms with E-state index in [1.807, 2.05) is 11.3 Å². The van der Waals surface area contributed by atoms with Gasteiger partial charge in [-0.2, -0.15) is 0 Å². The molecule has 2 heterocycles. The van der Waals surface area contributed by atoms with E-state index < -0.39 is 0 Å². The second kappa shape index (κ2) is 5.62. The lowest BCUT2D eigenvalue weighted by molar-refractivity contribution is 0.365. The lowest BCUT2D eigenvalue weighted by atomic mass is 10.0. The van der Waals surface area contributed by atoms with E-state index in [-0.39, 0.29) is 0 Å². The molecule has 88 valence electrons. The monoisotopic (exact) mass is 236 g/mol. The molecule has 0 aliphatic carbocycles. The van der Waals surface area contributed by atoms with Crippen LogP contribution in [0.25, 0.3) is 0 Å². The minimum absolute atomic E-state index is 1.10. The smallest absolute Gasteiger partial charge is 0.0190 e. The van der Waals surface area contributed by atoms with Crippen molar-refractivity contribution >= 4 is 11.3 Å². The van der Waals surface area contributed by atoms with Gasteiger partial charge in [0.05, 0.1) is 0 Å². The molecule has 0 radical (unpaired) electrons. The Hall–Kier alpha value is -0.640. The van der Waals surface area contributed by atoms with Gasteiger partial charge in [-0.1, -0.05) is 11.6 Å². The van der Waals surface area contributed by atoms with Gasteiger partial charge in [0.1, 0.15) is 0 Å². The van der Waals surface area contributed by atoms with E-state index in [9.17, 15) is 0 Å². The Morgan fingerprint density at radius 1 is 1.50 bits per heavy atom. The zero-order chi connectivity index (χ0) is 11.4. The molecule has 0 atom stereocenters. The van der Waals surface area contributed by atoms with E-state index in [0.717, 1.165) is 26.2 Å². The van der Waals surface area contributed by atoms with E-state index in [1.165, 1.54) is 11.3 Å². The third kappa shape index (κ3) is 3.17. The first-order chi connectivity index (χ1) is 7.75. The van der Waals surface area contributed by atoms with Crippen LogP contribution in [-0.4, -0.2) is 38.1 Å². The Bertz CT molecular complexity index is 348. The van der Waals surface area contributed by atoms with Crippen molar-refractivity contribution in [3.63, 3.8) is 0 Å². The van der Waals surface area contributed by atoms with E-state index in [2.05, 4.69) is 41.7 Å². The highest BCUT2D eigenvalue weighted by molar-refractivity contribution is 7.09. The molecular formula is C13H20N2S. The Morgan fingerprint density at radius 2 is 2.31 bits per heavy atom. The summed E-state index contributed by atoms with van der Waals surface area (Å²) in [4.78, 5) is 3.91. The van der Waals surface area contributed by atoms with Crippen molar-refractivity contribution in [2.24, 2.45) is 0 Å². The van der Waals surface area contributed by atoms with Gasteiger partial charge in [-0.15, -0.1) is 11.3 Å². The predicted octanol–water partition coefficient (Wildman–Crippen LogP) is 2.14. The summed E-state index contributed by atoms with van der Waals surface area (Å²) in [6, 6.07) is 4.35. The zero-order valence-electron chi connectivity index (χ0n) is 10.1. The van der Waals surface area contributed by atoms with Crippen molar-refractivity contribution in [3.05, 3.63) is 33.5 Å². The lowest BCUT2D eigenvalue weighted by Gasteiger charge is -2.25. The molecule has 1 aromatic heterocycles. The highest BCUT2D eigenvalue weighted by Crippen LogP contribution is 2.12. The molecule has 1 aliphatic rings. The minimum atomic E-state index is 1.10. The molecule has 1 aliphatic heterocycles. The maximum Gasteiger partial charge on any atom is 0.0190 e. The normalized spacial score (nSPS) is 15.3. The first-order valence-electron chi connectivity index (χ1n) is 5.85. The number of rotatable bonds is 5. The van der Waals surface area contributed by atoms with Gasteiger partial charge in [-0.05, 0) is 37.4 Å². The average molecular weight is 236 g/mol. The van der Waals surface area contributed by atoms with E-state index >= 15 is 0 Å². The lowest BCUT2D eigenvalue weighted by Crippen LogP contribution is -2.36. The molecule has 2 rings (SSSR count). The highest BCUT2D eigenvalue weighted by Gasteiger charge is 2.11. The first-order valence-corrected chi connectivity index (χ1v) is 6.73. The number of likely N-dealkylation sites (N-methyl/N-ethyl adjacent to an activating group) is 1. The van der Waals surface area contributed by atoms with Crippen LogP contribution in [0.3, 0.4) is 0 Å². The van der Waals surface area contributed by atoms with Crippen LogP contribution in [0.5, 0.6) is 0 Å². The van der Waals surface area contributed by atoms with Crippen LogP contribution in [0.15, 0.2) is 28.7 Å². The summed E-state index contributed by atoms with van der Waals surface area (Å²) in [5, 5.41) is 5.45. The fourth-order valence-electron chi connectivity index (χ4n) is 1.90. The van der Waals surface area contributed by atoms with Crippen molar-refractivity contribution in [1.29, 1.82) is 0 Å². The molecule has 0 saturated carbocycles. The summed E-state index contributed by atoms with van der Waals surface area (Å²) < 4.78 is 0. The molecule has 1 fully saturated rings. The van der Waals surface area contributed by atoms with E-state index in [0.29, 0.717) is 0 Å². The van der Waals surface area contributed by atoms with Crippen LogP contribution >= 0.6 is 11.3 Å². The maximum atomic E-state index is 3.30. The zero-order valence-corrected chi connectivity index (χ0v) is 10.9. The fraction of sp³-hybridized carbons (Fsp3) is 0.538. The molecule has 1 aromatic rings. The van der Waals surface area contributed by atoms with Gasteiger partial charge in [0, 0.05) is 31.1 Å². The second-order valence-electron chi connectivity index (χ2n) is 4.55. The van der Waals surface area contributed by atoms with Crippen molar-refractivity contribution in [2.75, 3.05) is 33.2 Å². The largest absolute Gasteiger partial charge is 0.309 e. The summed E-state index contributed by atoms with van der Waals surface area (Å²) in [7, 11) is 2.21. The highest BCUT2D eigenvalue weighted by atomic mass is 32.1. The summed E-state index contributed by atoms with van der Waals surface area (Å²) >= 11 is 1.86. The fourth-order valence-corrected chi connectivity index (χ4v) is 2.60. The van der Waals surface area contributed by atoms with Gasteiger partial charge in [-0.25, -0.2) is 0 Å². The van der Waals surface area contributed by atoms with Crippen LogP contribution in [0, 0.1) is 0 Å². The molecule has 0 aromatic carbocycles. The molecule has 2 nitrogen and oxygen atoms in total. The topological polar surface area (TPSA) is 15.3 Å². The quantitative estimate of drug-likeness (QED) is 0.788. The van der Waals surface area contributed by atoms with Gasteiger partial charge in [0.15, 0.2) is 0 Å². The Morgan fingerprint density at radius 3 is 2.88 bits per heavy atom. The summed E-state index contributed by atoms with van der Waals surface area (Å²) in [6.45, 7) is 6.73. The van der Waals surface area contributed by atoms with Gasteiger partial charge in [0.2, 0.25) is 0 Å². The SMILES string of the molecule is CC(CN(C)CCc1cccs1)=C1CNC1. The number of nitrogens with one attached hydrogen (secondary N) is 1. The van der Waals surface area contributed by atoms with Gasteiger partial charge >= 0.3 is 0 Å². The molecule has 0 amide bonds. The number of hydrogen-bond donors (Lipinski definition) is 1. The molecule has 1 saturated heterocycles. The molecule has 0 bridgehead atoms. The number of thiophene rings is 1. The van der Waals surface area contributed by atoms with Crippen LogP contribution in [0.1, 0.15) is 11.8 Å². The summed E-state index contributed by atoms with van der Waals surface area (Å²) in [6.07, 6.45) is 1.18. The van der Waals surface area contributed by atoms with Crippen molar-refractivity contribution < 1.29 is 0 Å². The Labute approximate surface area is 102 Å². The summed E-state index contributed by atoms with van der Waals surface area (Å²) in [5.41, 5.74) is 3.15. The average Bonchev–Trinajstić information content (AvgIpc) is 2.63. The molecule has 1 N–H and O–H groups in total. The van der Waals surface area contributed by atoms with Gasteiger partial charge in [-0.3, -0.25) is 0 Å². The Kier molecular flexibility index (Phi) is 4.16.